The molecule has 0 aliphatic heterocycles. The van der Waals surface area contributed by atoms with Crippen LogP contribution in [0, 0.1) is 34.5 Å². The van der Waals surface area contributed by atoms with Crippen LogP contribution < -0.4 is 0 Å². The summed E-state index contributed by atoms with van der Waals surface area (Å²) in [7, 11) is 0. The molecule has 1 nitrogen and oxygen atoms in total. The summed E-state index contributed by atoms with van der Waals surface area (Å²) in [6, 6.07) is 0. The van der Waals surface area contributed by atoms with Gasteiger partial charge in [-0.3, -0.25) is 4.79 Å². The minimum absolute atomic E-state index is 0.0444. The van der Waals surface area contributed by atoms with Crippen LogP contribution in [-0.4, -0.2) is 5.78 Å². The topological polar surface area (TPSA) is 17.1 Å². The molecule has 4 aliphatic carbocycles. The third-order valence-electron chi connectivity index (χ3n) is 7.83. The van der Waals surface area contributed by atoms with Gasteiger partial charge in [-0.2, -0.15) is 0 Å². The zero-order valence-corrected chi connectivity index (χ0v) is 13.0. The highest BCUT2D eigenvalue weighted by molar-refractivity contribution is 5.87. The highest BCUT2D eigenvalue weighted by Crippen LogP contribution is 2.64. The van der Waals surface area contributed by atoms with Crippen molar-refractivity contribution >= 4 is 5.78 Å². The average molecular weight is 272 g/mol. The fourth-order valence-corrected chi connectivity index (χ4v) is 6.59. The Hall–Kier alpha value is -0.590. The van der Waals surface area contributed by atoms with Crippen LogP contribution in [0.5, 0.6) is 0 Å². The lowest BCUT2D eigenvalue weighted by atomic mass is 9.46. The van der Waals surface area contributed by atoms with E-state index in [9.17, 15) is 4.79 Å². The fraction of sp³-hybridized carbons (Fsp3) is 0.842. The summed E-state index contributed by atoms with van der Waals surface area (Å²) in [4.78, 5) is 12.4. The number of fused-ring (bicyclic) bond motifs is 5. The van der Waals surface area contributed by atoms with E-state index in [1.54, 1.807) is 0 Å². The van der Waals surface area contributed by atoms with E-state index in [1.807, 2.05) is 0 Å². The molecule has 110 valence electrons. The number of carbonyl (C=O) groups is 1. The smallest absolute Gasteiger partial charge is 0.139 e. The van der Waals surface area contributed by atoms with Crippen molar-refractivity contribution in [3.05, 3.63) is 12.2 Å². The average Bonchev–Trinajstić information content (AvgIpc) is 2.74. The predicted octanol–water partition coefficient (Wildman–Crippen LogP) is 4.76. The normalized spacial score (nSPS) is 54.2. The van der Waals surface area contributed by atoms with Gasteiger partial charge in [0.2, 0.25) is 0 Å². The highest BCUT2D eigenvalue weighted by Gasteiger charge is 2.59. The summed E-state index contributed by atoms with van der Waals surface area (Å²) in [5.41, 5.74) is 0.483. The molecule has 3 fully saturated rings. The lowest BCUT2D eigenvalue weighted by Gasteiger charge is -2.58. The maximum absolute atomic E-state index is 12.4. The molecule has 0 N–H and O–H groups in total. The van der Waals surface area contributed by atoms with E-state index in [0.29, 0.717) is 17.1 Å². The minimum atomic E-state index is 0.0444. The summed E-state index contributed by atoms with van der Waals surface area (Å²) in [5.74, 6) is 3.86. The first-order chi connectivity index (χ1) is 9.56. The zero-order valence-electron chi connectivity index (χ0n) is 13.0. The van der Waals surface area contributed by atoms with Crippen molar-refractivity contribution in [2.45, 2.75) is 65.2 Å². The summed E-state index contributed by atoms with van der Waals surface area (Å²) < 4.78 is 0. The van der Waals surface area contributed by atoms with E-state index < -0.39 is 0 Å². The summed E-state index contributed by atoms with van der Waals surface area (Å²) >= 11 is 0. The molecule has 0 heterocycles. The molecule has 0 bridgehead atoms. The van der Waals surface area contributed by atoms with Crippen LogP contribution >= 0.6 is 0 Å². The molecular formula is C19H28O. The molecule has 0 aromatic rings. The molecule has 0 aromatic carbocycles. The summed E-state index contributed by atoms with van der Waals surface area (Å²) in [6.07, 6.45) is 15.0. The first-order valence-corrected chi connectivity index (χ1v) is 8.77. The largest absolute Gasteiger partial charge is 0.299 e. The lowest BCUT2D eigenvalue weighted by Crippen LogP contribution is -2.51. The molecule has 1 unspecified atom stereocenters. The Morgan fingerprint density at radius 1 is 1.05 bits per heavy atom. The van der Waals surface area contributed by atoms with Gasteiger partial charge in [-0.1, -0.05) is 26.0 Å². The van der Waals surface area contributed by atoms with Crippen molar-refractivity contribution in [2.24, 2.45) is 34.5 Å². The fourth-order valence-electron chi connectivity index (χ4n) is 6.59. The monoisotopic (exact) mass is 272 g/mol. The molecule has 4 rings (SSSR count). The van der Waals surface area contributed by atoms with Crippen molar-refractivity contribution < 1.29 is 4.79 Å². The number of Topliss-reactive ketones (excluding diaryl/α,β-unsaturated/α-hetero) is 1. The first kappa shape index (κ1) is 13.1. The van der Waals surface area contributed by atoms with Gasteiger partial charge in [-0.15, -0.1) is 0 Å². The Morgan fingerprint density at radius 3 is 2.75 bits per heavy atom. The van der Waals surface area contributed by atoms with E-state index >= 15 is 0 Å². The molecule has 0 saturated heterocycles. The van der Waals surface area contributed by atoms with Gasteiger partial charge in [0.05, 0.1) is 0 Å². The minimum Gasteiger partial charge on any atom is -0.299 e. The molecule has 0 radical (unpaired) electrons. The van der Waals surface area contributed by atoms with Crippen molar-refractivity contribution in [3.8, 4) is 0 Å². The van der Waals surface area contributed by atoms with Gasteiger partial charge >= 0.3 is 0 Å². The number of rotatable bonds is 0. The quantitative estimate of drug-likeness (QED) is 0.581. The Bertz CT molecular complexity index is 464. The van der Waals surface area contributed by atoms with E-state index in [1.165, 1.54) is 38.5 Å². The van der Waals surface area contributed by atoms with Crippen LogP contribution in [0.15, 0.2) is 12.2 Å². The number of ketones is 1. The van der Waals surface area contributed by atoms with Crippen molar-refractivity contribution in [3.63, 3.8) is 0 Å². The Morgan fingerprint density at radius 2 is 1.90 bits per heavy atom. The van der Waals surface area contributed by atoms with Crippen LogP contribution in [-0.2, 0) is 4.79 Å². The molecule has 4 aliphatic rings. The van der Waals surface area contributed by atoms with Gasteiger partial charge in [-0.25, -0.2) is 0 Å². The van der Waals surface area contributed by atoms with Gasteiger partial charge in [0, 0.05) is 11.8 Å². The van der Waals surface area contributed by atoms with E-state index in [-0.39, 0.29) is 5.41 Å². The Balaban J connectivity index is 1.70. The SMILES string of the molecule is C[C@]12C=CCCC1CC[C@@H]1[C@H]2CC[C@]2(C)C(=O)CC[C@@H]12. The number of carbonyl (C=O) groups excluding carboxylic acids is 1. The highest BCUT2D eigenvalue weighted by atomic mass is 16.1. The van der Waals surface area contributed by atoms with Crippen molar-refractivity contribution in [1.29, 1.82) is 0 Å². The van der Waals surface area contributed by atoms with E-state index in [2.05, 4.69) is 26.0 Å². The van der Waals surface area contributed by atoms with Gasteiger partial charge < -0.3 is 0 Å². The molecule has 0 amide bonds. The second-order valence-electron chi connectivity index (χ2n) is 8.41. The summed E-state index contributed by atoms with van der Waals surface area (Å²) in [6.45, 7) is 4.82. The molecule has 0 aromatic heterocycles. The molecule has 0 spiro atoms. The molecule has 1 heteroatoms. The summed E-state index contributed by atoms with van der Waals surface area (Å²) in [5, 5.41) is 0. The van der Waals surface area contributed by atoms with Gasteiger partial charge in [0.1, 0.15) is 5.78 Å². The second-order valence-corrected chi connectivity index (χ2v) is 8.41. The Labute approximate surface area is 123 Å². The maximum atomic E-state index is 12.4. The molecule has 6 atom stereocenters. The predicted molar refractivity (Wildman–Crippen MR) is 81.3 cm³/mol. The number of hydrogen-bond donors (Lipinski definition) is 0. The van der Waals surface area contributed by atoms with Gasteiger partial charge in [-0.05, 0) is 74.0 Å². The van der Waals surface area contributed by atoms with Crippen LogP contribution in [0.2, 0.25) is 0 Å². The van der Waals surface area contributed by atoms with Crippen LogP contribution in [0.4, 0.5) is 0 Å². The number of allylic oxidation sites excluding steroid dienone is 2. The lowest BCUT2D eigenvalue weighted by molar-refractivity contribution is -0.134. The molecule has 20 heavy (non-hydrogen) atoms. The first-order valence-electron chi connectivity index (χ1n) is 8.77. The van der Waals surface area contributed by atoms with Crippen molar-refractivity contribution in [1.82, 2.24) is 0 Å². The van der Waals surface area contributed by atoms with Gasteiger partial charge in [0.25, 0.3) is 0 Å². The van der Waals surface area contributed by atoms with Crippen LogP contribution in [0.1, 0.15) is 65.2 Å². The maximum Gasteiger partial charge on any atom is 0.139 e. The van der Waals surface area contributed by atoms with Crippen LogP contribution in [0.25, 0.3) is 0 Å². The van der Waals surface area contributed by atoms with Crippen molar-refractivity contribution in [2.75, 3.05) is 0 Å². The van der Waals surface area contributed by atoms with Gasteiger partial charge in [0.15, 0.2) is 0 Å². The second kappa shape index (κ2) is 4.21. The molecule has 3 saturated carbocycles. The van der Waals surface area contributed by atoms with E-state index in [4.69, 9.17) is 0 Å². The molecular weight excluding hydrogens is 244 g/mol. The number of hydrogen-bond acceptors (Lipinski definition) is 1. The standard InChI is InChI=1S/C19H28O/c1-18-11-4-3-5-13(18)6-7-14-15-8-9-17(20)19(15,2)12-10-16(14)18/h4,11,13-16H,3,5-10,12H2,1-2H3/t13?,14-,15-,16+,18-,19-/m0/s1. The third-order valence-corrected chi connectivity index (χ3v) is 7.83. The van der Waals surface area contributed by atoms with Crippen LogP contribution in [0.3, 0.4) is 0 Å². The third kappa shape index (κ3) is 1.53. The Kier molecular flexibility index (Phi) is 2.76. The zero-order chi connectivity index (χ0) is 14.0. The van der Waals surface area contributed by atoms with E-state index in [0.717, 1.165) is 30.6 Å².